The minimum absolute atomic E-state index is 0.00101. The molecule has 2 aromatic carbocycles. The van der Waals surface area contributed by atoms with Gasteiger partial charge in [-0.05, 0) is 31.5 Å². The molecular weight excluding hydrogens is 619 g/mol. The van der Waals surface area contributed by atoms with Crippen LogP contribution in [0.3, 0.4) is 0 Å². The van der Waals surface area contributed by atoms with Gasteiger partial charge in [-0.3, -0.25) is 9.79 Å². The fraction of sp³-hybridized carbons (Fsp3) is 0.600. The van der Waals surface area contributed by atoms with Gasteiger partial charge >= 0.3 is 5.97 Å². The molecule has 3 rings (SSSR count). The molecule has 1 saturated heterocycles. The maximum atomic E-state index is 12.7. The van der Waals surface area contributed by atoms with Crippen LogP contribution in [0.25, 0.3) is 0 Å². The van der Waals surface area contributed by atoms with Crippen molar-refractivity contribution in [3.8, 4) is 0 Å². The van der Waals surface area contributed by atoms with Crippen molar-refractivity contribution in [3.05, 3.63) is 84.1 Å². The summed E-state index contributed by atoms with van der Waals surface area (Å²) >= 11 is 0. The number of unbranched alkanes of at least 4 members (excludes halogenated alkanes) is 7. The van der Waals surface area contributed by atoms with Crippen LogP contribution in [0.4, 0.5) is 0 Å². The summed E-state index contributed by atoms with van der Waals surface area (Å²) in [5.41, 5.74) is 2.71. The topological polar surface area (TPSA) is 75.6 Å². The van der Waals surface area contributed by atoms with Crippen LogP contribution in [0, 0.1) is 0 Å². The molecule has 0 unspecified atom stereocenters. The molecule has 0 bridgehead atoms. The number of carbonyl (C=O) groups is 1. The molecule has 0 amide bonds. The van der Waals surface area contributed by atoms with Gasteiger partial charge in [0.05, 0.1) is 18.6 Å². The highest BCUT2D eigenvalue weighted by Gasteiger charge is 2.51. The van der Waals surface area contributed by atoms with Crippen LogP contribution in [0.2, 0.25) is 18.1 Å². The van der Waals surface area contributed by atoms with Gasteiger partial charge in [0.1, 0.15) is 18.2 Å². The van der Waals surface area contributed by atoms with E-state index in [-0.39, 0.29) is 11.6 Å². The van der Waals surface area contributed by atoms with Crippen molar-refractivity contribution in [2.75, 3.05) is 13.2 Å². The van der Waals surface area contributed by atoms with Crippen LogP contribution >= 0.6 is 0 Å². The van der Waals surface area contributed by atoms with Crippen molar-refractivity contribution in [1.82, 2.24) is 0 Å². The maximum absolute atomic E-state index is 12.7. The summed E-state index contributed by atoms with van der Waals surface area (Å²) < 4.78 is 32.4. The van der Waals surface area contributed by atoms with Crippen LogP contribution in [0.1, 0.15) is 104 Å². The second-order valence-electron chi connectivity index (χ2n) is 14.3. The quantitative estimate of drug-likeness (QED) is 0.0484. The van der Waals surface area contributed by atoms with Crippen molar-refractivity contribution in [1.29, 1.82) is 0 Å². The zero-order valence-corrected chi connectivity index (χ0v) is 31.8. The third kappa shape index (κ3) is 12.3. The molecule has 0 saturated carbocycles. The van der Waals surface area contributed by atoms with Crippen LogP contribution < -0.4 is 0 Å². The Kier molecular flexibility index (Phi) is 16.5. The molecule has 0 spiro atoms. The minimum atomic E-state index is -2.16. The first-order valence-electron chi connectivity index (χ1n) is 18.0. The summed E-state index contributed by atoms with van der Waals surface area (Å²) in [7, 11) is -2.16. The SMILES string of the molecule is CC=CO[C@H]1O[C@H](CO[Si](C)(C)C(C)(C)C)[C@@H](OC(C)=O)[C@H](OCCCCCCCCCC)[C@H]1N=C(c1ccccc1)c1ccccc1. The minimum Gasteiger partial charge on any atom is -0.470 e. The van der Waals surface area contributed by atoms with Crippen LogP contribution in [-0.4, -0.2) is 63.9 Å². The maximum Gasteiger partial charge on any atom is 0.303 e. The summed E-state index contributed by atoms with van der Waals surface area (Å²) in [6.07, 6.45) is 10.2. The smallest absolute Gasteiger partial charge is 0.303 e. The van der Waals surface area contributed by atoms with E-state index in [1.54, 1.807) is 6.26 Å². The number of allylic oxidation sites excluding steroid dienone is 1. The fourth-order valence-corrected chi connectivity index (χ4v) is 6.59. The van der Waals surface area contributed by atoms with E-state index in [0.29, 0.717) is 6.61 Å². The van der Waals surface area contributed by atoms with E-state index in [2.05, 4.69) is 40.8 Å². The van der Waals surface area contributed by atoms with Crippen LogP contribution in [-0.2, 0) is 28.2 Å². The Morgan fingerprint density at radius 3 is 1.96 bits per heavy atom. The van der Waals surface area contributed by atoms with Crippen LogP contribution in [0.15, 0.2) is 78.0 Å². The largest absolute Gasteiger partial charge is 0.470 e. The third-order valence-corrected chi connectivity index (χ3v) is 13.9. The van der Waals surface area contributed by atoms with Crippen molar-refractivity contribution in [2.24, 2.45) is 4.99 Å². The first-order chi connectivity index (χ1) is 23.0. The number of hydrogen-bond donors (Lipinski definition) is 0. The van der Waals surface area contributed by atoms with Gasteiger partial charge in [-0.2, -0.15) is 0 Å². The molecule has 1 fully saturated rings. The Morgan fingerprint density at radius 1 is 0.875 bits per heavy atom. The average Bonchev–Trinajstić information content (AvgIpc) is 3.06. The Labute approximate surface area is 291 Å². The number of rotatable bonds is 19. The van der Waals surface area contributed by atoms with Gasteiger partial charge in [0.2, 0.25) is 6.29 Å². The summed E-state index contributed by atoms with van der Waals surface area (Å²) in [6, 6.07) is 19.6. The molecule has 1 heterocycles. The molecule has 0 aromatic heterocycles. The number of hydrogen-bond acceptors (Lipinski definition) is 7. The second kappa shape index (κ2) is 20.0. The highest BCUT2D eigenvalue weighted by molar-refractivity contribution is 6.74. The van der Waals surface area contributed by atoms with E-state index in [1.807, 2.05) is 73.7 Å². The Bertz CT molecular complexity index is 1220. The Hall–Kier alpha value is -2.78. The lowest BCUT2D eigenvalue weighted by molar-refractivity contribution is -0.262. The molecule has 0 aliphatic carbocycles. The Morgan fingerprint density at radius 2 is 1.44 bits per heavy atom. The molecule has 1 aliphatic rings. The molecule has 266 valence electrons. The fourth-order valence-electron chi connectivity index (χ4n) is 5.58. The lowest BCUT2D eigenvalue weighted by Crippen LogP contribution is -2.61. The molecule has 8 heteroatoms. The van der Waals surface area contributed by atoms with Gasteiger partial charge < -0.3 is 23.4 Å². The van der Waals surface area contributed by atoms with Crippen molar-refractivity contribution >= 4 is 20.0 Å². The lowest BCUT2D eigenvalue weighted by Gasteiger charge is -2.45. The molecule has 0 N–H and O–H groups in total. The normalized spacial score (nSPS) is 21.6. The second-order valence-corrected chi connectivity index (χ2v) is 19.1. The monoisotopic (exact) mass is 679 g/mol. The molecule has 5 atom stereocenters. The van der Waals surface area contributed by atoms with E-state index >= 15 is 0 Å². The molecule has 0 radical (unpaired) electrons. The standard InChI is InChI=1S/C40H61NO6Si/c1-9-11-12-13-14-15-16-23-29-43-38-36(41-35(32-24-19-17-20-25-32)33-26-21-18-22-27-33)39(44-28-10-2)47-34(37(38)46-31(3)42)30-45-48(7,8)40(4,5)6/h10,17-22,24-28,34,36-39H,9,11-16,23,29-30H2,1-8H3/t34-,36-,37-,38-,39+/m1/s1. The zero-order chi connectivity index (χ0) is 35.0. The molecule has 48 heavy (non-hydrogen) atoms. The van der Waals surface area contributed by atoms with Gasteiger partial charge in [0.25, 0.3) is 0 Å². The number of carbonyl (C=O) groups excluding carboxylic acids is 1. The average molecular weight is 680 g/mol. The summed E-state index contributed by atoms with van der Waals surface area (Å²) in [4.78, 5) is 18.0. The van der Waals surface area contributed by atoms with Crippen LogP contribution in [0.5, 0.6) is 0 Å². The van der Waals surface area contributed by atoms with Gasteiger partial charge in [0, 0.05) is 24.7 Å². The molecular formula is C40H61NO6Si. The number of aliphatic imine (C=N–C) groups is 1. The van der Waals surface area contributed by atoms with Gasteiger partial charge in [-0.15, -0.1) is 0 Å². The Balaban J connectivity index is 2.02. The van der Waals surface area contributed by atoms with Gasteiger partial charge in [0.15, 0.2) is 14.4 Å². The predicted molar refractivity (Wildman–Crippen MR) is 198 cm³/mol. The van der Waals surface area contributed by atoms with Crippen molar-refractivity contribution in [3.63, 3.8) is 0 Å². The van der Waals surface area contributed by atoms with Gasteiger partial charge in [-0.25, -0.2) is 0 Å². The van der Waals surface area contributed by atoms with Gasteiger partial charge in [-0.1, -0.05) is 139 Å². The van der Waals surface area contributed by atoms with E-state index in [9.17, 15) is 4.79 Å². The first kappa shape index (κ1) is 39.7. The van der Waals surface area contributed by atoms with E-state index in [0.717, 1.165) is 29.7 Å². The van der Waals surface area contributed by atoms with Crippen molar-refractivity contribution < 1.29 is 28.2 Å². The molecule has 2 aromatic rings. The van der Waals surface area contributed by atoms with Crippen molar-refractivity contribution in [2.45, 2.75) is 142 Å². The van der Waals surface area contributed by atoms with E-state index in [1.165, 1.54) is 45.4 Å². The van der Waals surface area contributed by atoms with E-state index in [4.69, 9.17) is 28.4 Å². The summed E-state index contributed by atoms with van der Waals surface area (Å²) in [6.45, 7) is 17.4. The highest BCUT2D eigenvalue weighted by Crippen LogP contribution is 2.38. The highest BCUT2D eigenvalue weighted by atomic mass is 28.4. The molecule has 7 nitrogen and oxygen atoms in total. The first-order valence-corrected chi connectivity index (χ1v) is 20.9. The number of ether oxygens (including phenoxy) is 4. The zero-order valence-electron chi connectivity index (χ0n) is 30.8. The molecule has 1 aliphatic heterocycles. The number of benzene rings is 2. The third-order valence-electron chi connectivity index (χ3n) is 9.36. The lowest BCUT2D eigenvalue weighted by atomic mass is 9.95. The summed E-state index contributed by atoms with van der Waals surface area (Å²) in [5, 5.41) is -0.00101. The van der Waals surface area contributed by atoms with E-state index < -0.39 is 44.9 Å². The number of nitrogens with zero attached hydrogens (tertiary/aromatic N) is 1. The number of esters is 1. The summed E-state index contributed by atoms with van der Waals surface area (Å²) in [5.74, 6) is -0.400. The predicted octanol–water partition coefficient (Wildman–Crippen LogP) is 9.65.